The second-order valence-corrected chi connectivity index (χ2v) is 7.48. The van der Waals surface area contributed by atoms with Crippen LogP contribution in [-0.4, -0.2) is 30.4 Å². The Balaban J connectivity index is 1.97. The lowest BCUT2D eigenvalue weighted by molar-refractivity contribution is -0.141. The first-order valence-electron chi connectivity index (χ1n) is 9.10. The summed E-state index contributed by atoms with van der Waals surface area (Å²) in [5.41, 5.74) is 3.48. The van der Waals surface area contributed by atoms with Gasteiger partial charge >= 0.3 is 5.97 Å². The van der Waals surface area contributed by atoms with Crippen LogP contribution in [0.4, 0.5) is 5.69 Å². The highest BCUT2D eigenvalue weighted by Crippen LogP contribution is 2.42. The zero-order chi connectivity index (χ0) is 20.4. The van der Waals surface area contributed by atoms with Gasteiger partial charge in [-0.3, -0.25) is 4.79 Å². The lowest BCUT2D eigenvalue weighted by Gasteiger charge is -2.38. The Morgan fingerprint density at radius 3 is 2.48 bits per heavy atom. The molecule has 6 heteroatoms. The first-order valence-corrected chi connectivity index (χ1v) is 9.85. The van der Waals surface area contributed by atoms with Crippen LogP contribution in [-0.2, 0) is 9.53 Å². The average molecular weight is 425 g/mol. The fourth-order valence-corrected chi connectivity index (χ4v) is 3.92. The van der Waals surface area contributed by atoms with Crippen molar-refractivity contribution in [1.82, 2.24) is 4.90 Å². The second kappa shape index (κ2) is 8.27. The molecule has 0 saturated heterocycles. The zero-order valence-corrected chi connectivity index (χ0v) is 17.2. The van der Waals surface area contributed by atoms with Crippen molar-refractivity contribution in [2.75, 3.05) is 13.7 Å². The first kappa shape index (κ1) is 19.5. The molecule has 0 radical (unpaired) electrons. The fourth-order valence-electron chi connectivity index (χ4n) is 3.54. The van der Waals surface area contributed by atoms with Crippen molar-refractivity contribution < 1.29 is 9.53 Å². The van der Waals surface area contributed by atoms with Crippen LogP contribution >= 0.6 is 23.2 Å². The van der Waals surface area contributed by atoms with E-state index in [4.69, 9.17) is 32.9 Å². The normalized spacial score (nSPS) is 15.5. The number of benzene rings is 3. The summed E-state index contributed by atoms with van der Waals surface area (Å²) in [7, 11) is 1.38. The highest BCUT2D eigenvalue weighted by molar-refractivity contribution is 6.34. The van der Waals surface area contributed by atoms with Crippen LogP contribution in [0.25, 0.3) is 0 Å². The molecule has 1 aliphatic rings. The minimum atomic E-state index is -0.358. The summed E-state index contributed by atoms with van der Waals surface area (Å²) in [5.74, 6) is 0.243. The number of carbonyl (C=O) groups is 1. The Morgan fingerprint density at radius 2 is 1.76 bits per heavy atom. The average Bonchev–Trinajstić information content (AvgIpc) is 2.74. The molecule has 0 N–H and O–H groups in total. The highest BCUT2D eigenvalue weighted by Gasteiger charge is 2.34. The van der Waals surface area contributed by atoms with Crippen molar-refractivity contribution in [2.45, 2.75) is 6.04 Å². The number of esters is 1. The molecular weight excluding hydrogens is 407 g/mol. The third-order valence-corrected chi connectivity index (χ3v) is 5.42. The van der Waals surface area contributed by atoms with Crippen LogP contribution in [0.15, 0.2) is 77.8 Å². The summed E-state index contributed by atoms with van der Waals surface area (Å²) in [6, 6.07) is 22.8. The van der Waals surface area contributed by atoms with Crippen molar-refractivity contribution in [2.24, 2.45) is 4.99 Å². The maximum Gasteiger partial charge on any atom is 0.325 e. The number of methoxy groups -OCH3 is 1. The number of fused-ring (bicyclic) bond motifs is 1. The number of nitrogens with zero attached hydrogens (tertiary/aromatic N) is 2. The van der Waals surface area contributed by atoms with Gasteiger partial charge in [0, 0.05) is 16.1 Å². The van der Waals surface area contributed by atoms with E-state index in [0.717, 1.165) is 22.4 Å². The smallest absolute Gasteiger partial charge is 0.325 e. The Hall–Kier alpha value is -2.82. The quantitative estimate of drug-likeness (QED) is 0.508. The van der Waals surface area contributed by atoms with E-state index in [1.54, 1.807) is 6.07 Å². The molecule has 0 fully saturated rings. The maximum atomic E-state index is 12.3. The van der Waals surface area contributed by atoms with E-state index in [1.807, 2.05) is 71.6 Å². The number of aliphatic imine (C=N–C) groups is 1. The lowest BCUT2D eigenvalue weighted by atomic mass is 9.93. The van der Waals surface area contributed by atoms with Crippen LogP contribution in [0.2, 0.25) is 10.0 Å². The number of ether oxygens (including phenoxy) is 1. The van der Waals surface area contributed by atoms with Crippen molar-refractivity contribution in [1.29, 1.82) is 0 Å². The molecule has 1 heterocycles. The number of hydrogen-bond acceptors (Lipinski definition) is 4. The standard InChI is InChI=1S/C23H18Cl2N2O2/c1-29-21(28)14-27-22(15-7-3-2-4-8-15)18-12-11-16(24)13-20(18)26-23(27)17-9-5-6-10-19(17)25/h2-13,22H,14H2,1H3. The summed E-state index contributed by atoms with van der Waals surface area (Å²) in [4.78, 5) is 19.1. The SMILES string of the molecule is COC(=O)CN1C(c2ccccc2Cl)=Nc2cc(Cl)ccc2C1c1ccccc1. The van der Waals surface area contributed by atoms with Crippen molar-refractivity contribution >= 4 is 40.7 Å². The summed E-state index contributed by atoms with van der Waals surface area (Å²) >= 11 is 12.8. The molecule has 29 heavy (non-hydrogen) atoms. The van der Waals surface area contributed by atoms with Gasteiger partial charge in [0.2, 0.25) is 0 Å². The van der Waals surface area contributed by atoms with Gasteiger partial charge in [0.05, 0.1) is 23.9 Å². The molecule has 0 aromatic heterocycles. The van der Waals surface area contributed by atoms with E-state index >= 15 is 0 Å². The number of rotatable bonds is 4. The van der Waals surface area contributed by atoms with E-state index in [2.05, 4.69) is 0 Å². The van der Waals surface area contributed by atoms with E-state index in [-0.39, 0.29) is 18.6 Å². The molecule has 0 aliphatic carbocycles. The zero-order valence-electron chi connectivity index (χ0n) is 15.7. The highest BCUT2D eigenvalue weighted by atomic mass is 35.5. The van der Waals surface area contributed by atoms with Gasteiger partial charge in [0.1, 0.15) is 12.4 Å². The molecule has 146 valence electrons. The van der Waals surface area contributed by atoms with Crippen molar-refractivity contribution in [3.63, 3.8) is 0 Å². The molecule has 0 amide bonds. The number of hydrogen-bond donors (Lipinski definition) is 0. The first-order chi connectivity index (χ1) is 14.1. The number of amidine groups is 1. The predicted molar refractivity (Wildman–Crippen MR) is 116 cm³/mol. The summed E-state index contributed by atoms with van der Waals surface area (Å²) in [5, 5.41) is 1.15. The molecule has 0 bridgehead atoms. The van der Waals surface area contributed by atoms with E-state index in [1.165, 1.54) is 7.11 Å². The molecule has 1 atom stereocenters. The monoisotopic (exact) mass is 424 g/mol. The molecule has 0 saturated carbocycles. The minimum absolute atomic E-state index is 0.0299. The topological polar surface area (TPSA) is 41.9 Å². The van der Waals surface area contributed by atoms with Crippen LogP contribution in [0.5, 0.6) is 0 Å². The third-order valence-electron chi connectivity index (χ3n) is 4.85. The van der Waals surface area contributed by atoms with Gasteiger partial charge in [-0.05, 0) is 29.8 Å². The summed E-state index contributed by atoms with van der Waals surface area (Å²) in [6.07, 6.45) is 0. The lowest BCUT2D eigenvalue weighted by Crippen LogP contribution is -2.42. The Labute approximate surface area is 179 Å². The Morgan fingerprint density at radius 1 is 1.03 bits per heavy atom. The minimum Gasteiger partial charge on any atom is -0.468 e. The Kier molecular flexibility index (Phi) is 5.56. The Bertz CT molecular complexity index is 1080. The van der Waals surface area contributed by atoms with Gasteiger partial charge in [0.15, 0.2) is 0 Å². The molecule has 0 spiro atoms. The van der Waals surface area contributed by atoms with Crippen LogP contribution in [0.3, 0.4) is 0 Å². The van der Waals surface area contributed by atoms with Gasteiger partial charge < -0.3 is 9.64 Å². The third kappa shape index (κ3) is 3.86. The molecule has 3 aromatic carbocycles. The molecule has 3 aromatic rings. The molecule has 4 rings (SSSR count). The molecular formula is C23H18Cl2N2O2. The molecule has 1 aliphatic heterocycles. The summed E-state index contributed by atoms with van der Waals surface area (Å²) in [6.45, 7) is 0.0299. The molecule has 4 nitrogen and oxygen atoms in total. The molecule has 1 unspecified atom stereocenters. The number of halogens is 2. The van der Waals surface area contributed by atoms with Crippen LogP contribution in [0, 0.1) is 0 Å². The van der Waals surface area contributed by atoms with Gasteiger partial charge in [-0.1, -0.05) is 71.7 Å². The van der Waals surface area contributed by atoms with E-state index < -0.39 is 0 Å². The largest absolute Gasteiger partial charge is 0.468 e. The second-order valence-electron chi connectivity index (χ2n) is 6.64. The van der Waals surface area contributed by atoms with E-state index in [0.29, 0.717) is 15.9 Å². The predicted octanol–water partition coefficient (Wildman–Crippen LogP) is 5.65. The van der Waals surface area contributed by atoms with Crippen LogP contribution < -0.4 is 0 Å². The number of carbonyl (C=O) groups excluding carboxylic acids is 1. The van der Waals surface area contributed by atoms with Gasteiger partial charge in [-0.15, -0.1) is 0 Å². The van der Waals surface area contributed by atoms with Gasteiger partial charge in [-0.25, -0.2) is 4.99 Å². The van der Waals surface area contributed by atoms with Gasteiger partial charge in [-0.2, -0.15) is 0 Å². The van der Waals surface area contributed by atoms with Crippen molar-refractivity contribution in [3.8, 4) is 0 Å². The fraction of sp³-hybridized carbons (Fsp3) is 0.130. The van der Waals surface area contributed by atoms with Crippen molar-refractivity contribution in [3.05, 3.63) is 99.5 Å². The summed E-state index contributed by atoms with van der Waals surface area (Å²) < 4.78 is 4.97. The van der Waals surface area contributed by atoms with Crippen LogP contribution in [0.1, 0.15) is 22.7 Å². The maximum absolute atomic E-state index is 12.3. The van der Waals surface area contributed by atoms with E-state index in [9.17, 15) is 4.79 Å². The van der Waals surface area contributed by atoms with Gasteiger partial charge in [0.25, 0.3) is 0 Å².